The molecule has 1 atom stereocenters. The molecule has 0 radical (unpaired) electrons. The SMILES string of the molecule is Nc1c(Cl)cc(C(O)CN(CCCCCOCCc2ccccn2)Cc2ccccc2)cc1Cl. The van der Waals surface area contributed by atoms with Gasteiger partial charge in [0, 0.05) is 38.0 Å². The third-order valence-electron chi connectivity index (χ3n) is 5.66. The summed E-state index contributed by atoms with van der Waals surface area (Å²) in [5, 5.41) is 11.6. The molecule has 1 unspecified atom stereocenters. The van der Waals surface area contributed by atoms with Crippen molar-refractivity contribution in [2.75, 3.05) is 32.0 Å². The van der Waals surface area contributed by atoms with Gasteiger partial charge in [0.25, 0.3) is 0 Å². The van der Waals surface area contributed by atoms with E-state index in [4.69, 9.17) is 33.7 Å². The summed E-state index contributed by atoms with van der Waals surface area (Å²) in [5.41, 5.74) is 9.11. The summed E-state index contributed by atoms with van der Waals surface area (Å²) < 4.78 is 5.77. The van der Waals surface area contributed by atoms with E-state index in [2.05, 4.69) is 22.0 Å². The lowest BCUT2D eigenvalue weighted by Crippen LogP contribution is -2.29. The van der Waals surface area contributed by atoms with Gasteiger partial charge in [-0.05, 0) is 61.2 Å². The maximum absolute atomic E-state index is 10.9. The number of nitrogens with zero attached hydrogens (tertiary/aromatic N) is 2. The van der Waals surface area contributed by atoms with E-state index in [1.165, 1.54) is 5.56 Å². The Morgan fingerprint density at radius 3 is 2.38 bits per heavy atom. The highest BCUT2D eigenvalue weighted by atomic mass is 35.5. The lowest BCUT2D eigenvalue weighted by Gasteiger charge is -2.26. The van der Waals surface area contributed by atoms with Crippen LogP contribution in [-0.4, -0.2) is 41.3 Å². The minimum atomic E-state index is -0.714. The van der Waals surface area contributed by atoms with Crippen LogP contribution in [0.2, 0.25) is 10.0 Å². The molecule has 0 fully saturated rings. The monoisotopic (exact) mass is 501 g/mol. The van der Waals surface area contributed by atoms with Crippen LogP contribution in [0, 0.1) is 0 Å². The molecule has 5 nitrogen and oxygen atoms in total. The second-order valence-electron chi connectivity index (χ2n) is 8.38. The van der Waals surface area contributed by atoms with Crippen molar-refractivity contribution in [3.8, 4) is 0 Å². The van der Waals surface area contributed by atoms with Gasteiger partial charge in [0.1, 0.15) is 0 Å². The summed E-state index contributed by atoms with van der Waals surface area (Å²) in [6.45, 7) is 3.55. The molecule has 0 amide bonds. The normalized spacial score (nSPS) is 12.2. The quantitative estimate of drug-likeness (QED) is 0.211. The number of rotatable bonds is 14. The molecule has 2 aromatic carbocycles. The van der Waals surface area contributed by atoms with Crippen molar-refractivity contribution in [1.82, 2.24) is 9.88 Å². The Kier molecular flexibility index (Phi) is 11.1. The van der Waals surface area contributed by atoms with Gasteiger partial charge in [0.05, 0.1) is 28.4 Å². The number of hydrogen-bond donors (Lipinski definition) is 2. The van der Waals surface area contributed by atoms with Crippen LogP contribution < -0.4 is 5.73 Å². The smallest absolute Gasteiger partial charge is 0.0918 e. The van der Waals surface area contributed by atoms with Crippen molar-refractivity contribution in [3.05, 3.63) is 93.7 Å². The van der Waals surface area contributed by atoms with Crippen LogP contribution in [0.5, 0.6) is 0 Å². The number of halogens is 2. The summed E-state index contributed by atoms with van der Waals surface area (Å²) in [6, 6.07) is 19.6. The van der Waals surface area contributed by atoms with Crippen molar-refractivity contribution < 1.29 is 9.84 Å². The first kappa shape index (κ1) is 26.5. The molecule has 0 aliphatic rings. The lowest BCUT2D eigenvalue weighted by atomic mass is 10.1. The lowest BCUT2D eigenvalue weighted by molar-refractivity contribution is 0.105. The van der Waals surface area contributed by atoms with Crippen LogP contribution in [0.4, 0.5) is 5.69 Å². The zero-order valence-corrected chi connectivity index (χ0v) is 20.9. The summed E-state index contributed by atoms with van der Waals surface area (Å²) in [5.74, 6) is 0. The fourth-order valence-corrected chi connectivity index (χ4v) is 4.27. The van der Waals surface area contributed by atoms with Gasteiger partial charge in [-0.3, -0.25) is 9.88 Å². The number of ether oxygens (including phenoxy) is 1. The highest BCUT2D eigenvalue weighted by molar-refractivity contribution is 6.38. The van der Waals surface area contributed by atoms with Crippen LogP contribution in [0.3, 0.4) is 0 Å². The maximum Gasteiger partial charge on any atom is 0.0918 e. The minimum absolute atomic E-state index is 0.336. The number of benzene rings is 2. The molecule has 3 aromatic rings. The number of hydrogen-bond acceptors (Lipinski definition) is 5. The number of nitrogens with two attached hydrogens (primary N) is 1. The van der Waals surface area contributed by atoms with Crippen molar-refractivity contribution in [1.29, 1.82) is 0 Å². The van der Waals surface area contributed by atoms with E-state index in [1.54, 1.807) is 12.1 Å². The van der Waals surface area contributed by atoms with Gasteiger partial charge in [-0.25, -0.2) is 0 Å². The van der Waals surface area contributed by atoms with Crippen LogP contribution in [0.15, 0.2) is 66.9 Å². The number of aromatic nitrogens is 1. The number of pyridine rings is 1. The molecule has 0 aliphatic heterocycles. The number of anilines is 1. The van der Waals surface area contributed by atoms with Crippen LogP contribution in [0.1, 0.15) is 42.2 Å². The van der Waals surface area contributed by atoms with Crippen molar-refractivity contribution >= 4 is 28.9 Å². The van der Waals surface area contributed by atoms with Crippen molar-refractivity contribution in [2.24, 2.45) is 0 Å². The molecular weight excluding hydrogens is 469 g/mol. The average Bonchev–Trinajstić information content (AvgIpc) is 2.85. The van der Waals surface area contributed by atoms with Gasteiger partial charge in [-0.15, -0.1) is 0 Å². The first-order valence-electron chi connectivity index (χ1n) is 11.7. The molecule has 3 rings (SSSR count). The van der Waals surface area contributed by atoms with Crippen LogP contribution >= 0.6 is 23.2 Å². The zero-order valence-electron chi connectivity index (χ0n) is 19.4. The molecule has 3 N–H and O–H groups in total. The third-order valence-corrected chi connectivity index (χ3v) is 6.28. The Labute approximate surface area is 212 Å². The predicted octanol–water partition coefficient (Wildman–Crippen LogP) is 5.94. The Morgan fingerprint density at radius 2 is 1.68 bits per heavy atom. The number of aliphatic hydroxyl groups is 1. The van der Waals surface area contributed by atoms with E-state index in [9.17, 15) is 5.11 Å². The maximum atomic E-state index is 10.9. The van der Waals surface area contributed by atoms with E-state index in [-0.39, 0.29) is 0 Å². The molecule has 0 aliphatic carbocycles. The average molecular weight is 502 g/mol. The molecule has 0 saturated heterocycles. The van der Waals surface area contributed by atoms with E-state index >= 15 is 0 Å². The summed E-state index contributed by atoms with van der Waals surface area (Å²) >= 11 is 12.3. The largest absolute Gasteiger partial charge is 0.396 e. The highest BCUT2D eigenvalue weighted by Crippen LogP contribution is 2.31. The first-order chi connectivity index (χ1) is 16.5. The van der Waals surface area contributed by atoms with Crippen molar-refractivity contribution in [2.45, 2.75) is 38.3 Å². The van der Waals surface area contributed by atoms with Crippen LogP contribution in [-0.2, 0) is 17.7 Å². The summed E-state index contributed by atoms with van der Waals surface area (Å²) in [4.78, 5) is 6.58. The van der Waals surface area contributed by atoms with Gasteiger partial charge in [0.15, 0.2) is 0 Å². The standard InChI is InChI=1S/C27H33Cl2N3O2/c28-24-17-22(18-25(29)27(24)30)26(33)20-32(19-21-9-3-1-4-10-21)14-7-2-8-15-34-16-12-23-11-5-6-13-31-23/h1,3-6,9-11,13,17-18,26,33H,2,7-8,12,14-16,19-20,30H2. The molecule has 0 saturated carbocycles. The van der Waals surface area contributed by atoms with E-state index in [0.717, 1.165) is 51.1 Å². The summed E-state index contributed by atoms with van der Waals surface area (Å²) in [7, 11) is 0. The van der Waals surface area contributed by atoms with Gasteiger partial charge in [-0.2, -0.15) is 0 Å². The number of aliphatic hydroxyl groups excluding tert-OH is 1. The van der Waals surface area contributed by atoms with Gasteiger partial charge in [-0.1, -0.05) is 59.6 Å². The van der Waals surface area contributed by atoms with Crippen molar-refractivity contribution in [3.63, 3.8) is 0 Å². The van der Waals surface area contributed by atoms with E-state index < -0.39 is 6.10 Å². The Morgan fingerprint density at radius 1 is 0.941 bits per heavy atom. The molecule has 0 bridgehead atoms. The zero-order chi connectivity index (χ0) is 24.2. The van der Waals surface area contributed by atoms with Crippen LogP contribution in [0.25, 0.3) is 0 Å². The minimum Gasteiger partial charge on any atom is -0.396 e. The third kappa shape index (κ3) is 8.90. The molecule has 0 spiro atoms. The molecule has 34 heavy (non-hydrogen) atoms. The highest BCUT2D eigenvalue weighted by Gasteiger charge is 2.16. The second kappa shape index (κ2) is 14.3. The molecular formula is C27H33Cl2N3O2. The molecule has 7 heteroatoms. The predicted molar refractivity (Wildman–Crippen MR) is 140 cm³/mol. The second-order valence-corrected chi connectivity index (χ2v) is 9.19. The number of unbranched alkanes of at least 4 members (excludes halogenated alkanes) is 2. The van der Waals surface area contributed by atoms with Gasteiger partial charge >= 0.3 is 0 Å². The fourth-order valence-electron chi connectivity index (χ4n) is 3.76. The molecule has 1 aromatic heterocycles. The van der Waals surface area contributed by atoms with Gasteiger partial charge < -0.3 is 15.6 Å². The molecule has 182 valence electrons. The fraction of sp³-hybridized carbons (Fsp3) is 0.370. The first-order valence-corrected chi connectivity index (χ1v) is 12.4. The Hall–Kier alpha value is -2.15. The number of nitrogen functional groups attached to an aromatic ring is 1. The van der Waals surface area contributed by atoms with E-state index in [1.807, 2.05) is 42.6 Å². The van der Waals surface area contributed by atoms with E-state index in [0.29, 0.717) is 34.4 Å². The van der Waals surface area contributed by atoms with Gasteiger partial charge in [0.2, 0.25) is 0 Å². The summed E-state index contributed by atoms with van der Waals surface area (Å²) in [6.07, 6.45) is 5.02. The topological polar surface area (TPSA) is 71.6 Å². The Balaban J connectivity index is 1.45. The Bertz CT molecular complexity index is 967. The molecule has 1 heterocycles.